The van der Waals surface area contributed by atoms with Gasteiger partial charge >= 0.3 is 5.97 Å². The van der Waals surface area contributed by atoms with Crippen LogP contribution in [0, 0.1) is 0 Å². The van der Waals surface area contributed by atoms with Gasteiger partial charge in [0.15, 0.2) is 4.34 Å². The fraction of sp³-hybridized carbons (Fsp3) is 0.182. The Hall–Kier alpha value is -2.20. The quantitative estimate of drug-likeness (QED) is 0.465. The van der Waals surface area contributed by atoms with Gasteiger partial charge in [-0.3, -0.25) is 19.6 Å². The summed E-state index contributed by atoms with van der Waals surface area (Å²) in [5.41, 5.74) is 0.792. The highest BCUT2D eigenvalue weighted by Crippen LogP contribution is 2.25. The number of anilines is 1. The van der Waals surface area contributed by atoms with Gasteiger partial charge in [0, 0.05) is 19.3 Å². The van der Waals surface area contributed by atoms with Crippen molar-refractivity contribution in [2.24, 2.45) is 7.05 Å². The third-order valence-corrected chi connectivity index (χ3v) is 4.18. The van der Waals surface area contributed by atoms with E-state index in [1.54, 1.807) is 30.1 Å². The molecule has 2 aromatic rings. The number of carbonyl (C=O) groups excluding carboxylic acids is 1. The Morgan fingerprint density at radius 1 is 1.52 bits per heavy atom. The molecule has 0 aliphatic rings. The van der Waals surface area contributed by atoms with Crippen LogP contribution in [0.2, 0.25) is 0 Å². The van der Waals surface area contributed by atoms with E-state index in [0.717, 1.165) is 28.8 Å². The Balaban J connectivity index is 1.89. The number of nitrogens with zero attached hydrogens (tertiary/aromatic N) is 4. The number of rotatable bonds is 6. The summed E-state index contributed by atoms with van der Waals surface area (Å²) in [5.74, 6) is -1.37. The van der Waals surface area contributed by atoms with Crippen LogP contribution in [-0.2, 0) is 16.6 Å². The number of nitrogens with one attached hydrogen (secondary N) is 1. The lowest BCUT2D eigenvalue weighted by atomic mass is 10.3. The second-order valence-electron chi connectivity index (χ2n) is 3.76. The van der Waals surface area contributed by atoms with E-state index in [2.05, 4.69) is 20.6 Å². The Kier molecular flexibility index (Phi) is 5.06. The molecule has 0 fully saturated rings. The van der Waals surface area contributed by atoms with Gasteiger partial charge in [-0.1, -0.05) is 23.1 Å². The van der Waals surface area contributed by atoms with E-state index in [1.807, 2.05) is 0 Å². The molecule has 0 aliphatic carbocycles. The largest absolute Gasteiger partial charge is 0.481 e. The van der Waals surface area contributed by atoms with Gasteiger partial charge in [-0.25, -0.2) is 0 Å². The van der Waals surface area contributed by atoms with E-state index in [9.17, 15) is 9.59 Å². The number of carboxylic acid groups (broad SMARTS) is 1. The SMILES string of the molecule is Cn1nccc1C=CC(=O)Nc1nnc(SCC(=O)O)s1. The van der Waals surface area contributed by atoms with Crippen molar-refractivity contribution in [2.75, 3.05) is 11.1 Å². The van der Waals surface area contributed by atoms with Crippen LogP contribution in [0.5, 0.6) is 0 Å². The average molecular weight is 325 g/mol. The monoisotopic (exact) mass is 325 g/mol. The van der Waals surface area contributed by atoms with Crippen LogP contribution < -0.4 is 5.32 Å². The van der Waals surface area contributed by atoms with Crippen molar-refractivity contribution in [1.29, 1.82) is 0 Å². The first kappa shape index (κ1) is 15.2. The number of carboxylic acids is 1. The van der Waals surface area contributed by atoms with Crippen LogP contribution in [0.4, 0.5) is 5.13 Å². The van der Waals surface area contributed by atoms with Crippen molar-refractivity contribution in [3.05, 3.63) is 24.0 Å². The van der Waals surface area contributed by atoms with Gasteiger partial charge in [-0.2, -0.15) is 5.10 Å². The second-order valence-corrected chi connectivity index (χ2v) is 5.96. The lowest BCUT2D eigenvalue weighted by molar-refractivity contribution is -0.133. The molecule has 2 heterocycles. The average Bonchev–Trinajstić information content (AvgIpc) is 3.03. The smallest absolute Gasteiger partial charge is 0.313 e. The molecule has 21 heavy (non-hydrogen) atoms. The molecule has 0 radical (unpaired) electrons. The molecule has 0 spiro atoms. The van der Waals surface area contributed by atoms with E-state index in [1.165, 1.54) is 6.08 Å². The number of aromatic nitrogens is 4. The molecule has 0 bridgehead atoms. The zero-order valence-electron chi connectivity index (χ0n) is 10.9. The molecule has 2 N–H and O–H groups in total. The fourth-order valence-corrected chi connectivity index (χ4v) is 2.77. The van der Waals surface area contributed by atoms with Crippen molar-refractivity contribution in [3.63, 3.8) is 0 Å². The Morgan fingerprint density at radius 2 is 2.33 bits per heavy atom. The van der Waals surface area contributed by atoms with Gasteiger partial charge in [0.05, 0.1) is 11.4 Å². The number of aryl methyl sites for hydroxylation is 1. The summed E-state index contributed by atoms with van der Waals surface area (Å²) in [6.45, 7) is 0. The first-order valence-electron chi connectivity index (χ1n) is 5.70. The summed E-state index contributed by atoms with van der Waals surface area (Å²) in [6.07, 6.45) is 4.63. The number of hydrogen-bond acceptors (Lipinski definition) is 7. The molecule has 0 unspecified atom stereocenters. The van der Waals surface area contributed by atoms with Crippen LogP contribution in [0.1, 0.15) is 5.69 Å². The predicted molar refractivity (Wildman–Crippen MR) is 79.1 cm³/mol. The van der Waals surface area contributed by atoms with Crippen molar-refractivity contribution >= 4 is 46.2 Å². The second kappa shape index (κ2) is 6.99. The van der Waals surface area contributed by atoms with Crippen molar-refractivity contribution in [2.45, 2.75) is 4.34 Å². The van der Waals surface area contributed by atoms with E-state index in [4.69, 9.17) is 5.11 Å². The van der Waals surface area contributed by atoms with Crippen LogP contribution in [0.3, 0.4) is 0 Å². The van der Waals surface area contributed by atoms with Gasteiger partial charge < -0.3 is 5.11 Å². The lowest BCUT2D eigenvalue weighted by Crippen LogP contribution is -2.07. The van der Waals surface area contributed by atoms with E-state index in [-0.39, 0.29) is 11.7 Å². The summed E-state index contributed by atoms with van der Waals surface area (Å²) in [5, 5.41) is 23.0. The molecule has 8 nitrogen and oxygen atoms in total. The minimum Gasteiger partial charge on any atom is -0.481 e. The summed E-state index contributed by atoms with van der Waals surface area (Å²) in [4.78, 5) is 22.1. The van der Waals surface area contributed by atoms with Gasteiger partial charge in [0.1, 0.15) is 0 Å². The predicted octanol–water partition coefficient (Wildman–Crippen LogP) is 1.10. The van der Waals surface area contributed by atoms with Gasteiger partial charge in [-0.15, -0.1) is 10.2 Å². The number of aliphatic carboxylic acids is 1. The summed E-state index contributed by atoms with van der Waals surface area (Å²) < 4.78 is 2.12. The van der Waals surface area contributed by atoms with Crippen LogP contribution in [-0.4, -0.2) is 42.7 Å². The van der Waals surface area contributed by atoms with Crippen LogP contribution in [0.25, 0.3) is 6.08 Å². The number of amides is 1. The minimum absolute atomic E-state index is 0.0943. The normalized spacial score (nSPS) is 10.9. The summed E-state index contributed by atoms with van der Waals surface area (Å²) >= 11 is 2.18. The minimum atomic E-state index is -0.931. The molecular weight excluding hydrogens is 314 g/mol. The number of thioether (sulfide) groups is 1. The van der Waals surface area contributed by atoms with Crippen LogP contribution >= 0.6 is 23.1 Å². The van der Waals surface area contributed by atoms with E-state index in [0.29, 0.717) is 9.47 Å². The summed E-state index contributed by atoms with van der Waals surface area (Å²) in [7, 11) is 1.77. The molecule has 0 atom stereocenters. The summed E-state index contributed by atoms with van der Waals surface area (Å²) in [6, 6.07) is 1.77. The third kappa shape index (κ3) is 4.68. The lowest BCUT2D eigenvalue weighted by Gasteiger charge is -1.95. The van der Waals surface area contributed by atoms with Crippen molar-refractivity contribution < 1.29 is 14.7 Å². The maximum Gasteiger partial charge on any atom is 0.313 e. The highest BCUT2D eigenvalue weighted by Gasteiger charge is 2.08. The standard InChI is InChI=1S/C11H11N5O3S2/c1-16-7(4-5-12-16)2-3-8(17)13-10-14-15-11(21-10)20-6-9(18)19/h2-5H,6H2,1H3,(H,18,19)(H,13,14,17). The number of hydrogen-bond donors (Lipinski definition) is 2. The molecule has 1 amide bonds. The van der Waals surface area contributed by atoms with Gasteiger partial charge in [-0.05, 0) is 12.1 Å². The molecule has 0 aliphatic heterocycles. The van der Waals surface area contributed by atoms with Crippen molar-refractivity contribution in [1.82, 2.24) is 20.0 Å². The van der Waals surface area contributed by atoms with Crippen LogP contribution in [0.15, 0.2) is 22.7 Å². The molecule has 110 valence electrons. The highest BCUT2D eigenvalue weighted by molar-refractivity contribution is 8.01. The van der Waals surface area contributed by atoms with Gasteiger partial charge in [0.2, 0.25) is 11.0 Å². The van der Waals surface area contributed by atoms with Gasteiger partial charge in [0.25, 0.3) is 0 Å². The molecule has 2 rings (SSSR count). The fourth-order valence-electron chi connectivity index (χ4n) is 1.30. The van der Waals surface area contributed by atoms with Crippen molar-refractivity contribution in [3.8, 4) is 0 Å². The molecule has 10 heteroatoms. The molecule has 0 aromatic carbocycles. The Bertz CT molecular complexity index is 679. The zero-order valence-corrected chi connectivity index (χ0v) is 12.5. The number of carbonyl (C=O) groups is 2. The highest BCUT2D eigenvalue weighted by atomic mass is 32.2. The van der Waals surface area contributed by atoms with E-state index < -0.39 is 5.97 Å². The first-order chi connectivity index (χ1) is 10.0. The maximum absolute atomic E-state index is 11.7. The topological polar surface area (TPSA) is 110 Å². The maximum atomic E-state index is 11.7. The third-order valence-electron chi connectivity index (χ3n) is 2.22. The Labute approximate surface area is 127 Å². The first-order valence-corrected chi connectivity index (χ1v) is 7.50. The molecule has 2 aromatic heterocycles. The van der Waals surface area contributed by atoms with E-state index >= 15 is 0 Å². The molecule has 0 saturated carbocycles. The zero-order chi connectivity index (χ0) is 15.2. The molecule has 0 saturated heterocycles. The Morgan fingerprint density at radius 3 is 3.00 bits per heavy atom. The molecular formula is C11H11N5O3S2.